The molecule has 35 heavy (non-hydrogen) atoms. The minimum Gasteiger partial charge on any atom is -0.406 e. The van der Waals surface area contributed by atoms with E-state index in [2.05, 4.69) is 72.0 Å². The fraction of sp³-hybridized carbons (Fsp3) is 0.321. The number of hydrogen-bond donors (Lipinski definition) is 2. The summed E-state index contributed by atoms with van der Waals surface area (Å²) in [6.45, 7) is 8.02. The molecule has 0 saturated heterocycles. The maximum Gasteiger partial charge on any atom is 0.245 e. The van der Waals surface area contributed by atoms with Crippen molar-refractivity contribution in [2.24, 2.45) is 5.41 Å². The Hall–Kier alpha value is -2.61. The molecule has 1 aliphatic heterocycles. The quantitative estimate of drug-likeness (QED) is 0.270. The van der Waals surface area contributed by atoms with Crippen LogP contribution in [-0.4, -0.2) is 31.0 Å². The van der Waals surface area contributed by atoms with Gasteiger partial charge in [0.25, 0.3) is 0 Å². The number of rotatable bonds is 8. The molecule has 1 unspecified atom stereocenters. The van der Waals surface area contributed by atoms with Gasteiger partial charge in [-0.3, -0.25) is 4.79 Å². The third kappa shape index (κ3) is 6.15. The van der Waals surface area contributed by atoms with E-state index < -0.39 is 6.04 Å². The van der Waals surface area contributed by atoms with E-state index >= 15 is 0 Å². The zero-order chi connectivity index (χ0) is 24.8. The van der Waals surface area contributed by atoms with Crippen LogP contribution in [-0.2, 0) is 4.79 Å². The number of hydroxylamine groups is 1. The summed E-state index contributed by atoms with van der Waals surface area (Å²) in [5, 5.41) is 2.90. The zero-order valence-electron chi connectivity index (χ0n) is 20.7. The molecule has 0 aliphatic carbocycles. The van der Waals surface area contributed by atoms with Gasteiger partial charge in [-0.05, 0) is 48.4 Å². The van der Waals surface area contributed by atoms with E-state index in [1.165, 1.54) is 16.3 Å². The second-order valence-electron chi connectivity index (χ2n) is 9.30. The van der Waals surface area contributed by atoms with E-state index in [0.29, 0.717) is 6.54 Å². The predicted octanol–water partition coefficient (Wildman–Crippen LogP) is 6.44. The van der Waals surface area contributed by atoms with Gasteiger partial charge in [0.2, 0.25) is 5.91 Å². The standard InChI is InChI=1S/C28H33N3O2S2/c1-5-29-27(32)26(20-12-8-6-9-13-20)30-33-23-17-24-22(16-25(23)34-4)31(18-28(2,3)19-35-24)21-14-10-7-11-15-21/h6-17,26,30H,5,18-19H2,1-4H3,(H,29,32). The Morgan fingerprint density at radius 2 is 1.80 bits per heavy atom. The number of nitrogens with one attached hydrogen (secondary N) is 2. The molecule has 2 N–H and O–H groups in total. The van der Waals surface area contributed by atoms with Crippen molar-refractivity contribution in [2.45, 2.75) is 36.6 Å². The van der Waals surface area contributed by atoms with Crippen molar-refractivity contribution in [3.63, 3.8) is 0 Å². The van der Waals surface area contributed by atoms with Crippen LogP contribution in [0.4, 0.5) is 11.4 Å². The molecular weight excluding hydrogens is 474 g/mol. The average molecular weight is 508 g/mol. The number of likely N-dealkylation sites (N-methyl/N-ethyl adjacent to an activating group) is 1. The molecule has 0 bridgehead atoms. The van der Waals surface area contributed by atoms with Gasteiger partial charge in [0.05, 0.1) is 10.6 Å². The number of para-hydroxylation sites is 1. The van der Waals surface area contributed by atoms with Crippen molar-refractivity contribution >= 4 is 40.8 Å². The van der Waals surface area contributed by atoms with Gasteiger partial charge in [-0.2, -0.15) is 0 Å². The Labute approximate surface area is 217 Å². The molecule has 0 spiro atoms. The fourth-order valence-corrected chi connectivity index (χ4v) is 5.76. The molecule has 1 heterocycles. The summed E-state index contributed by atoms with van der Waals surface area (Å²) in [6.07, 6.45) is 2.05. The molecule has 184 valence electrons. The molecule has 1 atom stereocenters. The number of hydrogen-bond acceptors (Lipinski definition) is 6. The van der Waals surface area contributed by atoms with Crippen LogP contribution >= 0.6 is 23.5 Å². The summed E-state index contributed by atoms with van der Waals surface area (Å²) in [6, 6.07) is 23.9. The van der Waals surface area contributed by atoms with Crippen LogP contribution in [0, 0.1) is 5.41 Å². The van der Waals surface area contributed by atoms with Crippen LogP contribution in [0.2, 0.25) is 0 Å². The van der Waals surface area contributed by atoms with Gasteiger partial charge in [-0.25, -0.2) is 0 Å². The number of nitrogens with zero attached hydrogens (tertiary/aromatic N) is 1. The Balaban J connectivity index is 1.67. The van der Waals surface area contributed by atoms with Crippen molar-refractivity contribution < 1.29 is 9.63 Å². The van der Waals surface area contributed by atoms with Crippen molar-refractivity contribution in [1.29, 1.82) is 0 Å². The minimum atomic E-state index is -0.614. The van der Waals surface area contributed by atoms with E-state index in [1.807, 2.05) is 55.3 Å². The molecule has 3 aromatic rings. The number of anilines is 2. The lowest BCUT2D eigenvalue weighted by Crippen LogP contribution is -2.39. The SMILES string of the molecule is CCNC(=O)C(NOc1cc2c(cc1SC)N(c1ccccc1)CC(C)(C)CS2)c1ccccc1. The van der Waals surface area contributed by atoms with Crippen LogP contribution in [0.5, 0.6) is 5.75 Å². The Morgan fingerprint density at radius 3 is 2.46 bits per heavy atom. The molecule has 7 heteroatoms. The lowest BCUT2D eigenvalue weighted by atomic mass is 9.95. The fourth-order valence-electron chi connectivity index (χ4n) is 4.08. The van der Waals surface area contributed by atoms with Gasteiger partial charge in [0, 0.05) is 29.4 Å². The maximum absolute atomic E-state index is 12.8. The van der Waals surface area contributed by atoms with Gasteiger partial charge in [-0.1, -0.05) is 62.4 Å². The van der Waals surface area contributed by atoms with Crippen LogP contribution in [0.25, 0.3) is 0 Å². The third-order valence-corrected chi connectivity index (χ3v) is 8.16. The summed E-state index contributed by atoms with van der Waals surface area (Å²) < 4.78 is 0. The number of amides is 1. The topological polar surface area (TPSA) is 53.6 Å². The predicted molar refractivity (Wildman–Crippen MR) is 148 cm³/mol. The smallest absolute Gasteiger partial charge is 0.245 e. The first-order valence-electron chi connectivity index (χ1n) is 11.8. The first-order chi connectivity index (χ1) is 16.9. The van der Waals surface area contributed by atoms with Gasteiger partial charge < -0.3 is 15.1 Å². The van der Waals surface area contributed by atoms with E-state index in [0.717, 1.165) is 28.5 Å². The first-order valence-corrected chi connectivity index (χ1v) is 14.1. The van der Waals surface area contributed by atoms with Crippen molar-refractivity contribution in [1.82, 2.24) is 10.8 Å². The number of benzene rings is 3. The van der Waals surface area contributed by atoms with E-state index in [4.69, 9.17) is 4.84 Å². The molecule has 3 aromatic carbocycles. The number of carbonyl (C=O) groups is 1. The normalized spacial score (nSPS) is 15.6. The molecule has 0 radical (unpaired) electrons. The highest BCUT2D eigenvalue weighted by Gasteiger charge is 2.30. The van der Waals surface area contributed by atoms with Crippen LogP contribution < -0.4 is 20.5 Å². The maximum atomic E-state index is 12.8. The van der Waals surface area contributed by atoms with Crippen LogP contribution in [0.1, 0.15) is 32.4 Å². The van der Waals surface area contributed by atoms with Crippen molar-refractivity contribution in [2.75, 3.05) is 30.0 Å². The van der Waals surface area contributed by atoms with Crippen molar-refractivity contribution in [3.05, 3.63) is 78.4 Å². The molecule has 1 amide bonds. The van der Waals surface area contributed by atoms with E-state index in [9.17, 15) is 4.79 Å². The van der Waals surface area contributed by atoms with Gasteiger partial charge in [0.1, 0.15) is 6.04 Å². The first kappa shape index (κ1) is 25.5. The van der Waals surface area contributed by atoms with Crippen LogP contribution in [0.3, 0.4) is 0 Å². The Kier molecular flexibility index (Phi) is 8.31. The number of carbonyl (C=O) groups excluding carboxylic acids is 1. The van der Waals surface area contributed by atoms with Crippen molar-refractivity contribution in [3.8, 4) is 5.75 Å². The Bertz CT molecular complexity index is 1140. The summed E-state index contributed by atoms with van der Waals surface area (Å²) in [7, 11) is 0. The number of thioether (sulfide) groups is 2. The summed E-state index contributed by atoms with van der Waals surface area (Å²) >= 11 is 3.49. The monoisotopic (exact) mass is 507 g/mol. The molecule has 1 aliphatic rings. The summed E-state index contributed by atoms with van der Waals surface area (Å²) in [5.74, 6) is 1.60. The summed E-state index contributed by atoms with van der Waals surface area (Å²) in [5.41, 5.74) is 6.40. The minimum absolute atomic E-state index is 0.120. The van der Waals surface area contributed by atoms with Crippen LogP contribution in [0.15, 0.2) is 82.6 Å². The Morgan fingerprint density at radius 1 is 1.11 bits per heavy atom. The van der Waals surface area contributed by atoms with Gasteiger partial charge >= 0.3 is 0 Å². The molecule has 0 saturated carbocycles. The molecule has 0 aromatic heterocycles. The van der Waals surface area contributed by atoms with Gasteiger partial charge in [-0.15, -0.1) is 29.0 Å². The van der Waals surface area contributed by atoms with E-state index in [-0.39, 0.29) is 11.3 Å². The third-order valence-electron chi connectivity index (χ3n) is 5.84. The highest BCUT2D eigenvalue weighted by atomic mass is 32.2. The largest absolute Gasteiger partial charge is 0.406 e. The molecular formula is C28H33N3O2S2. The molecule has 0 fully saturated rings. The van der Waals surface area contributed by atoms with Gasteiger partial charge in [0.15, 0.2) is 5.75 Å². The zero-order valence-corrected chi connectivity index (χ0v) is 22.3. The lowest BCUT2D eigenvalue weighted by Gasteiger charge is -2.31. The second kappa shape index (κ2) is 11.4. The second-order valence-corrected chi connectivity index (χ2v) is 11.2. The molecule has 5 nitrogen and oxygen atoms in total. The lowest BCUT2D eigenvalue weighted by molar-refractivity contribution is -0.125. The highest BCUT2D eigenvalue weighted by molar-refractivity contribution is 7.99. The highest BCUT2D eigenvalue weighted by Crippen LogP contribution is 2.47. The van der Waals surface area contributed by atoms with E-state index in [1.54, 1.807) is 11.8 Å². The average Bonchev–Trinajstić information content (AvgIpc) is 3.00. The summed E-state index contributed by atoms with van der Waals surface area (Å²) in [4.78, 5) is 23.5. The number of fused-ring (bicyclic) bond motifs is 1. The molecule has 4 rings (SSSR count).